The highest BCUT2D eigenvalue weighted by Gasteiger charge is 2.19. The molecular weight excluding hydrogens is 438 g/mol. The standard InChI is InChI=1S/C24H27N5O3S/c1-14(2)13-16-5-7-17(8-6-16)21-22(30)20(28-29(21)4)15(3)26-27-24(33)25-19-11-9-18(10-12-19)23(31)32/h5-12,14,30H,13H2,1-4H3,(H,31,32)(H2,25,27,33)/b26-15-. The molecule has 0 saturated carbocycles. The van der Waals surface area contributed by atoms with Crippen molar-refractivity contribution in [2.45, 2.75) is 27.2 Å². The summed E-state index contributed by atoms with van der Waals surface area (Å²) in [5, 5.41) is 31.6. The lowest BCUT2D eigenvalue weighted by molar-refractivity contribution is 0.0697. The lowest BCUT2D eigenvalue weighted by atomic mass is 10.0. The minimum Gasteiger partial charge on any atom is -0.504 e. The van der Waals surface area contributed by atoms with Gasteiger partial charge in [-0.1, -0.05) is 38.1 Å². The molecule has 0 spiro atoms. The number of benzene rings is 2. The number of anilines is 1. The van der Waals surface area contributed by atoms with Crippen LogP contribution in [0.3, 0.4) is 0 Å². The second kappa shape index (κ2) is 10.3. The number of thiocarbonyl (C=S) groups is 1. The average molecular weight is 466 g/mol. The molecule has 0 aliphatic carbocycles. The average Bonchev–Trinajstić information content (AvgIpc) is 3.06. The van der Waals surface area contributed by atoms with E-state index in [2.05, 4.69) is 46.9 Å². The van der Waals surface area contributed by atoms with Gasteiger partial charge >= 0.3 is 5.97 Å². The maximum atomic E-state index is 10.9. The Labute approximate surface area is 198 Å². The number of carboxylic acids is 1. The fourth-order valence-electron chi connectivity index (χ4n) is 3.39. The van der Waals surface area contributed by atoms with E-state index in [0.717, 1.165) is 12.0 Å². The lowest BCUT2D eigenvalue weighted by Gasteiger charge is -2.08. The van der Waals surface area contributed by atoms with Gasteiger partial charge in [-0.25, -0.2) is 4.79 Å². The minimum absolute atomic E-state index is 0.0419. The van der Waals surface area contributed by atoms with Crippen LogP contribution >= 0.6 is 12.2 Å². The second-order valence-electron chi connectivity index (χ2n) is 8.11. The van der Waals surface area contributed by atoms with Crippen LogP contribution < -0.4 is 10.7 Å². The van der Waals surface area contributed by atoms with Crippen LogP contribution in [0.15, 0.2) is 53.6 Å². The number of aryl methyl sites for hydroxylation is 1. The van der Waals surface area contributed by atoms with Crippen LogP contribution in [0.25, 0.3) is 11.3 Å². The minimum atomic E-state index is -0.997. The Morgan fingerprint density at radius 3 is 2.36 bits per heavy atom. The van der Waals surface area contributed by atoms with Gasteiger partial charge in [0.2, 0.25) is 0 Å². The summed E-state index contributed by atoms with van der Waals surface area (Å²) in [6.45, 7) is 6.08. The van der Waals surface area contributed by atoms with Crippen molar-refractivity contribution in [2.75, 3.05) is 5.32 Å². The molecule has 0 bridgehead atoms. The van der Waals surface area contributed by atoms with E-state index in [9.17, 15) is 9.90 Å². The van der Waals surface area contributed by atoms with E-state index in [1.807, 2.05) is 12.1 Å². The molecule has 0 radical (unpaired) electrons. The quantitative estimate of drug-likeness (QED) is 0.232. The van der Waals surface area contributed by atoms with Crippen molar-refractivity contribution in [2.24, 2.45) is 18.1 Å². The highest BCUT2D eigenvalue weighted by Crippen LogP contribution is 2.32. The van der Waals surface area contributed by atoms with Crippen LogP contribution in [0, 0.1) is 5.92 Å². The molecule has 9 heteroatoms. The number of carbonyl (C=O) groups is 1. The summed E-state index contributed by atoms with van der Waals surface area (Å²) in [6, 6.07) is 14.3. The third kappa shape index (κ3) is 5.95. The van der Waals surface area contributed by atoms with Crippen molar-refractivity contribution in [1.29, 1.82) is 0 Å². The first-order chi connectivity index (χ1) is 15.7. The summed E-state index contributed by atoms with van der Waals surface area (Å²) in [5.74, 6) is -0.382. The molecule has 3 rings (SSSR count). The van der Waals surface area contributed by atoms with Gasteiger partial charge in [0.05, 0.1) is 11.3 Å². The number of carboxylic acid groups (broad SMARTS) is 1. The van der Waals surface area contributed by atoms with Crippen LogP contribution in [0.1, 0.15) is 42.4 Å². The van der Waals surface area contributed by atoms with E-state index in [-0.39, 0.29) is 16.4 Å². The Morgan fingerprint density at radius 2 is 1.79 bits per heavy atom. The molecule has 0 fully saturated rings. The molecule has 1 aromatic heterocycles. The van der Waals surface area contributed by atoms with Crippen LogP contribution in [-0.2, 0) is 13.5 Å². The topological polar surface area (TPSA) is 112 Å². The monoisotopic (exact) mass is 465 g/mol. The zero-order valence-corrected chi connectivity index (χ0v) is 19.8. The van der Waals surface area contributed by atoms with Crippen molar-refractivity contribution in [1.82, 2.24) is 15.2 Å². The molecule has 0 amide bonds. The van der Waals surface area contributed by atoms with Gasteiger partial charge in [0, 0.05) is 18.3 Å². The number of rotatable bonds is 7. The number of hydrogen-bond acceptors (Lipinski definition) is 5. The van der Waals surface area contributed by atoms with Gasteiger partial charge in [0.25, 0.3) is 0 Å². The van der Waals surface area contributed by atoms with E-state index in [4.69, 9.17) is 17.3 Å². The zero-order valence-electron chi connectivity index (χ0n) is 19.0. The first kappa shape index (κ1) is 23.9. The van der Waals surface area contributed by atoms with Gasteiger partial charge in [-0.15, -0.1) is 0 Å². The Hall–Kier alpha value is -3.72. The third-order valence-electron chi connectivity index (χ3n) is 4.95. The van der Waals surface area contributed by atoms with Gasteiger partial charge in [-0.05, 0) is 61.3 Å². The van der Waals surface area contributed by atoms with Crippen LogP contribution in [0.5, 0.6) is 5.75 Å². The predicted molar refractivity (Wildman–Crippen MR) is 134 cm³/mol. The Balaban J connectivity index is 1.71. The van der Waals surface area contributed by atoms with Gasteiger partial charge in [-0.3, -0.25) is 10.1 Å². The first-order valence-corrected chi connectivity index (χ1v) is 10.9. The number of hydrazone groups is 1. The van der Waals surface area contributed by atoms with E-state index in [1.54, 1.807) is 30.8 Å². The molecule has 4 N–H and O–H groups in total. The van der Waals surface area contributed by atoms with Crippen molar-refractivity contribution in [3.8, 4) is 17.0 Å². The van der Waals surface area contributed by atoms with Gasteiger partial charge < -0.3 is 15.5 Å². The van der Waals surface area contributed by atoms with E-state index >= 15 is 0 Å². The zero-order chi connectivity index (χ0) is 24.1. The first-order valence-electron chi connectivity index (χ1n) is 10.5. The smallest absolute Gasteiger partial charge is 0.335 e. The Bertz CT molecular complexity index is 1180. The van der Waals surface area contributed by atoms with Gasteiger partial charge in [0.15, 0.2) is 16.6 Å². The van der Waals surface area contributed by atoms with Crippen molar-refractivity contribution in [3.05, 3.63) is 65.4 Å². The maximum Gasteiger partial charge on any atom is 0.335 e. The van der Waals surface area contributed by atoms with Crippen molar-refractivity contribution in [3.63, 3.8) is 0 Å². The molecular formula is C24H27N5O3S. The molecule has 2 aromatic carbocycles. The van der Waals surface area contributed by atoms with Crippen molar-refractivity contribution < 1.29 is 15.0 Å². The summed E-state index contributed by atoms with van der Waals surface area (Å²) in [6.07, 6.45) is 0.998. The largest absolute Gasteiger partial charge is 0.504 e. The van der Waals surface area contributed by atoms with Crippen LogP contribution in [0.4, 0.5) is 5.69 Å². The van der Waals surface area contributed by atoms with E-state index < -0.39 is 5.97 Å². The molecule has 0 aliphatic heterocycles. The molecule has 33 heavy (non-hydrogen) atoms. The molecule has 3 aromatic rings. The molecule has 0 aliphatic rings. The number of aromatic nitrogens is 2. The number of nitrogens with zero attached hydrogens (tertiary/aromatic N) is 3. The van der Waals surface area contributed by atoms with E-state index in [1.165, 1.54) is 17.7 Å². The lowest BCUT2D eigenvalue weighted by Crippen LogP contribution is -2.25. The molecule has 0 atom stereocenters. The van der Waals surface area contributed by atoms with Gasteiger partial charge in [0.1, 0.15) is 5.69 Å². The van der Waals surface area contributed by atoms with Gasteiger partial charge in [-0.2, -0.15) is 10.2 Å². The highest BCUT2D eigenvalue weighted by atomic mass is 32.1. The SMILES string of the molecule is C/C(=N/NC(=S)Nc1ccc(C(=O)O)cc1)c1nn(C)c(-c2ccc(CC(C)C)cc2)c1O. The number of nitrogens with one attached hydrogen (secondary N) is 2. The molecule has 0 unspecified atom stereocenters. The van der Waals surface area contributed by atoms with E-state index in [0.29, 0.717) is 28.7 Å². The maximum absolute atomic E-state index is 10.9. The third-order valence-corrected chi connectivity index (χ3v) is 5.14. The van der Waals surface area contributed by atoms with Crippen LogP contribution in [-0.4, -0.2) is 36.8 Å². The molecule has 172 valence electrons. The van der Waals surface area contributed by atoms with Crippen molar-refractivity contribution >= 4 is 34.7 Å². The fraction of sp³-hybridized carbons (Fsp3) is 0.250. The summed E-state index contributed by atoms with van der Waals surface area (Å²) < 4.78 is 1.63. The molecule has 1 heterocycles. The van der Waals surface area contributed by atoms with Crippen LogP contribution in [0.2, 0.25) is 0 Å². The summed E-state index contributed by atoms with van der Waals surface area (Å²) in [7, 11) is 1.77. The second-order valence-corrected chi connectivity index (χ2v) is 8.52. The number of hydrogen-bond donors (Lipinski definition) is 4. The highest BCUT2D eigenvalue weighted by molar-refractivity contribution is 7.80. The summed E-state index contributed by atoms with van der Waals surface area (Å²) >= 11 is 5.24. The normalized spacial score (nSPS) is 11.5. The Kier molecular flexibility index (Phi) is 7.44. The summed E-state index contributed by atoms with van der Waals surface area (Å²) in [4.78, 5) is 10.9. The number of aromatic hydroxyl groups is 1. The predicted octanol–water partition coefficient (Wildman–Crippen LogP) is 4.40. The molecule has 8 nitrogen and oxygen atoms in total. The molecule has 0 saturated heterocycles. The fourth-order valence-corrected chi connectivity index (χ4v) is 3.56. The number of aromatic carboxylic acids is 1. The Morgan fingerprint density at radius 1 is 1.15 bits per heavy atom. The summed E-state index contributed by atoms with van der Waals surface area (Å²) in [5.41, 5.74) is 7.04.